The van der Waals surface area contributed by atoms with Crippen LogP contribution >= 0.6 is 0 Å². The highest BCUT2D eigenvalue weighted by atomic mass is 19.1. The number of nitrogens with one attached hydrogen (secondary N) is 2. The van der Waals surface area contributed by atoms with Crippen molar-refractivity contribution in [2.24, 2.45) is 11.8 Å². The second-order valence-electron chi connectivity index (χ2n) is 10.8. The van der Waals surface area contributed by atoms with E-state index in [4.69, 9.17) is 4.52 Å². The lowest BCUT2D eigenvalue weighted by molar-refractivity contribution is -0.138. The van der Waals surface area contributed by atoms with E-state index in [2.05, 4.69) is 20.7 Å². The van der Waals surface area contributed by atoms with Gasteiger partial charge in [-0.3, -0.25) is 14.4 Å². The van der Waals surface area contributed by atoms with Crippen LogP contribution in [0.2, 0.25) is 0 Å². The lowest BCUT2D eigenvalue weighted by Crippen LogP contribution is -2.59. The molecule has 10 heteroatoms. The van der Waals surface area contributed by atoms with Crippen molar-refractivity contribution in [3.05, 3.63) is 48.1 Å². The van der Waals surface area contributed by atoms with Crippen LogP contribution in [0.5, 0.6) is 0 Å². The van der Waals surface area contributed by atoms with E-state index in [0.717, 1.165) is 31.4 Å². The Morgan fingerprint density at radius 1 is 1.03 bits per heavy atom. The minimum absolute atomic E-state index is 0.0463. The summed E-state index contributed by atoms with van der Waals surface area (Å²) in [4.78, 5) is 44.0. The SMILES string of the molecule is CC[C@H](C)[C@H](NC(=O)[C@H](CC1CCCCC1)NC(=O)c1ccno1)C(=O)N1CCN(c2ccc(F)cc2)CC1. The summed E-state index contributed by atoms with van der Waals surface area (Å²) in [6, 6.07) is 6.35. The van der Waals surface area contributed by atoms with Gasteiger partial charge in [0.25, 0.3) is 5.91 Å². The van der Waals surface area contributed by atoms with Crippen molar-refractivity contribution >= 4 is 23.4 Å². The highest BCUT2D eigenvalue weighted by molar-refractivity contribution is 5.96. The molecule has 2 aromatic rings. The van der Waals surface area contributed by atoms with Gasteiger partial charge in [0.05, 0.1) is 6.20 Å². The molecule has 0 bridgehead atoms. The van der Waals surface area contributed by atoms with Crippen molar-refractivity contribution in [3.8, 4) is 0 Å². The lowest BCUT2D eigenvalue weighted by atomic mass is 9.84. The summed E-state index contributed by atoms with van der Waals surface area (Å²) >= 11 is 0. The van der Waals surface area contributed by atoms with E-state index in [9.17, 15) is 18.8 Å². The molecule has 1 aliphatic carbocycles. The molecule has 2 N–H and O–H groups in total. The van der Waals surface area contributed by atoms with Gasteiger partial charge in [0.2, 0.25) is 17.6 Å². The molecule has 2 aliphatic rings. The van der Waals surface area contributed by atoms with Crippen molar-refractivity contribution in [1.29, 1.82) is 0 Å². The molecule has 4 rings (SSSR count). The van der Waals surface area contributed by atoms with E-state index in [0.29, 0.717) is 44.9 Å². The van der Waals surface area contributed by atoms with Crippen molar-refractivity contribution < 1.29 is 23.3 Å². The standard InChI is InChI=1S/C29H40FN5O4/c1-3-20(2)26(29(38)35-17-15-34(16-18-35)23-11-9-22(30)10-12-23)33-27(36)24(19-21-7-5-4-6-8-21)32-28(37)25-13-14-31-39-25/h9-14,20-21,24,26H,3-8,15-19H2,1-2H3,(H,32,37)(H,33,36)/t20-,24-,26-/m0/s1. The summed E-state index contributed by atoms with van der Waals surface area (Å²) < 4.78 is 18.3. The number of carbonyl (C=O) groups is 3. The molecule has 1 saturated carbocycles. The largest absolute Gasteiger partial charge is 0.368 e. The van der Waals surface area contributed by atoms with Crippen molar-refractivity contribution in [2.45, 2.75) is 70.9 Å². The number of hydrogen-bond acceptors (Lipinski definition) is 6. The quantitative estimate of drug-likeness (QED) is 0.474. The molecule has 0 spiro atoms. The van der Waals surface area contributed by atoms with Crippen molar-refractivity contribution in [1.82, 2.24) is 20.7 Å². The van der Waals surface area contributed by atoms with Gasteiger partial charge >= 0.3 is 0 Å². The molecule has 0 radical (unpaired) electrons. The Hall–Kier alpha value is -3.43. The van der Waals surface area contributed by atoms with Gasteiger partial charge in [-0.1, -0.05) is 57.5 Å². The molecule has 9 nitrogen and oxygen atoms in total. The van der Waals surface area contributed by atoms with E-state index in [1.165, 1.54) is 30.8 Å². The number of halogens is 1. The zero-order valence-corrected chi connectivity index (χ0v) is 22.9. The molecular weight excluding hydrogens is 501 g/mol. The fourth-order valence-electron chi connectivity index (χ4n) is 5.52. The summed E-state index contributed by atoms with van der Waals surface area (Å²) in [5, 5.41) is 9.43. The summed E-state index contributed by atoms with van der Waals surface area (Å²) in [5.41, 5.74) is 0.920. The highest BCUT2D eigenvalue weighted by Crippen LogP contribution is 2.28. The van der Waals surface area contributed by atoms with E-state index in [1.807, 2.05) is 13.8 Å². The molecule has 1 aromatic carbocycles. The average molecular weight is 542 g/mol. The van der Waals surface area contributed by atoms with Crippen LogP contribution in [0.3, 0.4) is 0 Å². The maximum atomic E-state index is 13.7. The second-order valence-corrected chi connectivity index (χ2v) is 10.8. The molecular formula is C29H40FN5O4. The summed E-state index contributed by atoms with van der Waals surface area (Å²) in [6.07, 6.45) is 8.09. The van der Waals surface area contributed by atoms with Gasteiger partial charge in [-0.15, -0.1) is 0 Å². The predicted octanol–water partition coefficient (Wildman–Crippen LogP) is 3.76. The van der Waals surface area contributed by atoms with Gasteiger partial charge in [-0.2, -0.15) is 0 Å². The molecule has 0 unspecified atom stereocenters. The number of benzene rings is 1. The number of hydrogen-bond donors (Lipinski definition) is 2. The minimum Gasteiger partial charge on any atom is -0.368 e. The Balaban J connectivity index is 1.42. The van der Waals surface area contributed by atoms with E-state index in [-0.39, 0.29) is 29.3 Å². The van der Waals surface area contributed by atoms with Crippen molar-refractivity contribution in [3.63, 3.8) is 0 Å². The first-order valence-corrected chi connectivity index (χ1v) is 14.2. The number of rotatable bonds is 10. The third kappa shape index (κ3) is 7.58. The third-order valence-electron chi connectivity index (χ3n) is 8.14. The topological polar surface area (TPSA) is 108 Å². The van der Waals surface area contributed by atoms with E-state index >= 15 is 0 Å². The molecule has 1 saturated heterocycles. The smallest absolute Gasteiger partial charge is 0.290 e. The summed E-state index contributed by atoms with van der Waals surface area (Å²) in [5.74, 6) is -0.944. The van der Waals surface area contributed by atoms with Crippen LogP contribution in [0.4, 0.5) is 10.1 Å². The number of anilines is 1. The molecule has 1 aromatic heterocycles. The molecule has 2 heterocycles. The molecule has 2 fully saturated rings. The van der Waals surface area contributed by atoms with Crippen LogP contribution in [-0.2, 0) is 9.59 Å². The molecule has 1 aliphatic heterocycles. The summed E-state index contributed by atoms with van der Waals surface area (Å²) in [7, 11) is 0. The summed E-state index contributed by atoms with van der Waals surface area (Å²) in [6.45, 7) is 6.21. The van der Waals surface area contributed by atoms with Gasteiger partial charge < -0.3 is 25.0 Å². The van der Waals surface area contributed by atoms with Crippen molar-refractivity contribution in [2.75, 3.05) is 31.1 Å². The normalized spacial score (nSPS) is 18.7. The highest BCUT2D eigenvalue weighted by Gasteiger charge is 2.35. The Labute approximate surface area is 229 Å². The zero-order chi connectivity index (χ0) is 27.8. The van der Waals surface area contributed by atoms with E-state index < -0.39 is 18.0 Å². The van der Waals surface area contributed by atoms with Gasteiger partial charge in [0.15, 0.2) is 0 Å². The Morgan fingerprint density at radius 3 is 2.33 bits per heavy atom. The van der Waals surface area contributed by atoms with E-state index in [1.54, 1.807) is 17.0 Å². The fourth-order valence-corrected chi connectivity index (χ4v) is 5.52. The van der Waals surface area contributed by atoms with Gasteiger partial charge in [-0.05, 0) is 42.5 Å². The third-order valence-corrected chi connectivity index (χ3v) is 8.14. The van der Waals surface area contributed by atoms with Crippen LogP contribution in [0.1, 0.15) is 69.3 Å². The predicted molar refractivity (Wildman–Crippen MR) is 146 cm³/mol. The lowest BCUT2D eigenvalue weighted by Gasteiger charge is -2.39. The first-order chi connectivity index (χ1) is 18.9. The number of nitrogens with zero attached hydrogens (tertiary/aromatic N) is 3. The Kier molecular flexibility index (Phi) is 9.95. The maximum absolute atomic E-state index is 13.7. The number of aromatic nitrogens is 1. The average Bonchev–Trinajstić information content (AvgIpc) is 3.51. The molecule has 3 amide bonds. The van der Waals surface area contributed by atoms with Gasteiger partial charge in [0.1, 0.15) is 17.9 Å². The maximum Gasteiger partial charge on any atom is 0.290 e. The van der Waals surface area contributed by atoms with Gasteiger partial charge in [0, 0.05) is 37.9 Å². The Bertz CT molecular complexity index is 1080. The molecule has 212 valence electrons. The first-order valence-electron chi connectivity index (χ1n) is 14.2. The van der Waals surface area contributed by atoms with Crippen LogP contribution < -0.4 is 15.5 Å². The van der Waals surface area contributed by atoms with Crippen LogP contribution in [0, 0.1) is 17.7 Å². The zero-order valence-electron chi connectivity index (χ0n) is 22.9. The number of amides is 3. The number of carbonyl (C=O) groups excluding carboxylic acids is 3. The Morgan fingerprint density at radius 2 is 1.72 bits per heavy atom. The number of piperazine rings is 1. The van der Waals surface area contributed by atoms with Crippen LogP contribution in [-0.4, -0.2) is 66.0 Å². The van der Waals surface area contributed by atoms with Crippen LogP contribution in [0.25, 0.3) is 0 Å². The first kappa shape index (κ1) is 28.6. The molecule has 39 heavy (non-hydrogen) atoms. The second kappa shape index (κ2) is 13.6. The monoisotopic (exact) mass is 541 g/mol. The fraction of sp³-hybridized carbons (Fsp3) is 0.586. The minimum atomic E-state index is -0.777. The van der Waals surface area contributed by atoms with Crippen LogP contribution in [0.15, 0.2) is 41.1 Å². The molecule has 3 atom stereocenters. The van der Waals surface area contributed by atoms with Gasteiger partial charge in [-0.25, -0.2) is 4.39 Å².